The molecular weight excluding hydrogens is 496 g/mol. The molecule has 0 aliphatic heterocycles. The van der Waals surface area contributed by atoms with Crippen LogP contribution in [-0.2, 0) is 10.0 Å². The molecule has 10 nitrogen and oxygen atoms in total. The third-order valence-electron chi connectivity index (χ3n) is 6.55. The van der Waals surface area contributed by atoms with Gasteiger partial charge in [-0.05, 0) is 56.2 Å². The molecule has 0 radical (unpaired) electrons. The number of anilines is 1. The Bertz CT molecular complexity index is 1500. The molecular formula is C26H28N4O6S. The second-order valence-electron chi connectivity index (χ2n) is 8.92. The Labute approximate surface area is 214 Å². The maximum Gasteiger partial charge on any atom is 0.322 e. The number of benzene rings is 2. The maximum absolute atomic E-state index is 13.0. The number of hydrogen-bond acceptors (Lipinski definition) is 8. The second kappa shape index (κ2) is 10.3. The summed E-state index contributed by atoms with van der Waals surface area (Å²) in [5.41, 5.74) is 0.816. The summed E-state index contributed by atoms with van der Waals surface area (Å²) in [6.45, 7) is 2.38. The Kier molecular flexibility index (Phi) is 6.98. The fourth-order valence-corrected chi connectivity index (χ4v) is 5.95. The van der Waals surface area contributed by atoms with Crippen molar-refractivity contribution < 1.29 is 26.8 Å². The third kappa shape index (κ3) is 5.09. The number of rotatable bonds is 8. The number of aromatic nitrogens is 2. The summed E-state index contributed by atoms with van der Waals surface area (Å²) in [5.74, 6) is 0.533. The van der Waals surface area contributed by atoms with Crippen LogP contribution in [0.5, 0.6) is 5.75 Å². The van der Waals surface area contributed by atoms with E-state index >= 15 is 0 Å². The van der Waals surface area contributed by atoms with Gasteiger partial charge >= 0.3 is 6.01 Å². The first kappa shape index (κ1) is 25.0. The van der Waals surface area contributed by atoms with Crippen molar-refractivity contribution in [3.8, 4) is 17.4 Å². The van der Waals surface area contributed by atoms with Crippen LogP contribution in [0.4, 0.5) is 6.01 Å². The van der Waals surface area contributed by atoms with Crippen LogP contribution < -0.4 is 10.1 Å². The molecule has 0 atom stereocenters. The zero-order chi connectivity index (χ0) is 26.0. The molecule has 1 N–H and O–H groups in total. The number of carbonyl (C=O) groups is 1. The first-order valence-corrected chi connectivity index (χ1v) is 13.7. The molecule has 0 spiro atoms. The van der Waals surface area contributed by atoms with Crippen molar-refractivity contribution >= 4 is 32.9 Å². The number of fused-ring (bicyclic) bond motifs is 1. The second-order valence-corrected chi connectivity index (χ2v) is 10.9. The van der Waals surface area contributed by atoms with Gasteiger partial charge in [0.05, 0.1) is 11.5 Å². The summed E-state index contributed by atoms with van der Waals surface area (Å²) in [4.78, 5) is 12.9. The Morgan fingerprint density at radius 3 is 2.57 bits per heavy atom. The third-order valence-corrected chi connectivity index (χ3v) is 8.47. The van der Waals surface area contributed by atoms with Gasteiger partial charge in [-0.3, -0.25) is 10.1 Å². The van der Waals surface area contributed by atoms with Crippen LogP contribution in [-0.4, -0.2) is 48.5 Å². The van der Waals surface area contributed by atoms with Gasteiger partial charge in [0.25, 0.3) is 11.8 Å². The lowest BCUT2D eigenvalue weighted by Crippen LogP contribution is -2.38. The van der Waals surface area contributed by atoms with Crippen molar-refractivity contribution in [1.29, 1.82) is 0 Å². The van der Waals surface area contributed by atoms with Crippen molar-refractivity contribution in [3.05, 3.63) is 54.1 Å². The van der Waals surface area contributed by atoms with Gasteiger partial charge in [-0.15, -0.1) is 5.10 Å². The first-order valence-electron chi connectivity index (χ1n) is 12.3. The lowest BCUT2D eigenvalue weighted by atomic mass is 9.96. The van der Waals surface area contributed by atoms with Crippen LogP contribution in [0, 0.1) is 0 Å². The predicted molar refractivity (Wildman–Crippen MR) is 137 cm³/mol. The summed E-state index contributed by atoms with van der Waals surface area (Å²) >= 11 is 0. The minimum Gasteiger partial charge on any atom is -0.490 e. The van der Waals surface area contributed by atoms with Gasteiger partial charge in [-0.2, -0.15) is 4.31 Å². The van der Waals surface area contributed by atoms with E-state index in [1.54, 1.807) is 13.1 Å². The van der Waals surface area contributed by atoms with Crippen LogP contribution in [0.1, 0.15) is 49.4 Å². The lowest BCUT2D eigenvalue weighted by molar-refractivity contribution is 0.102. The Balaban J connectivity index is 1.28. The number of para-hydroxylation sites is 1. The summed E-state index contributed by atoms with van der Waals surface area (Å²) in [5, 5.41) is 11.2. The number of furan rings is 1. The van der Waals surface area contributed by atoms with Crippen molar-refractivity contribution in [3.63, 3.8) is 0 Å². The Morgan fingerprint density at radius 2 is 1.84 bits per heavy atom. The molecule has 2 aromatic heterocycles. The minimum absolute atomic E-state index is 0.00552. The van der Waals surface area contributed by atoms with Crippen LogP contribution >= 0.6 is 0 Å². The van der Waals surface area contributed by atoms with Gasteiger partial charge in [0.2, 0.25) is 10.0 Å². The minimum atomic E-state index is -3.64. The topological polar surface area (TPSA) is 128 Å². The van der Waals surface area contributed by atoms with Crippen molar-refractivity contribution in [1.82, 2.24) is 14.5 Å². The average Bonchev–Trinajstić information content (AvgIpc) is 3.56. The van der Waals surface area contributed by atoms with E-state index in [0.717, 1.165) is 37.5 Å². The van der Waals surface area contributed by atoms with E-state index in [9.17, 15) is 13.2 Å². The van der Waals surface area contributed by atoms with Gasteiger partial charge in [-0.25, -0.2) is 8.42 Å². The first-order chi connectivity index (χ1) is 17.9. The molecule has 0 unspecified atom stereocenters. The van der Waals surface area contributed by atoms with Crippen molar-refractivity contribution in [2.75, 3.05) is 19.0 Å². The van der Waals surface area contributed by atoms with Gasteiger partial charge < -0.3 is 13.6 Å². The Morgan fingerprint density at radius 1 is 1.08 bits per heavy atom. The highest BCUT2D eigenvalue weighted by molar-refractivity contribution is 7.89. The number of nitrogens with one attached hydrogen (secondary N) is 1. The normalized spacial score (nSPS) is 14.8. The highest BCUT2D eigenvalue weighted by atomic mass is 32.2. The van der Waals surface area contributed by atoms with E-state index in [4.69, 9.17) is 13.6 Å². The molecule has 1 saturated carbocycles. The average molecular weight is 525 g/mol. The molecule has 1 fully saturated rings. The molecule has 5 rings (SSSR count). The molecule has 37 heavy (non-hydrogen) atoms. The number of carbonyl (C=O) groups excluding carboxylic acids is 1. The fourth-order valence-electron chi connectivity index (χ4n) is 4.54. The van der Waals surface area contributed by atoms with E-state index < -0.39 is 15.9 Å². The molecule has 1 aliphatic rings. The SMILES string of the molecule is CCOc1cccc2cc(-c3nnc(NC(=O)c4ccc(S(=O)(=O)N(C)C5CCCCC5)cc4)o3)oc12. The molecule has 1 amide bonds. The largest absolute Gasteiger partial charge is 0.490 e. The van der Waals surface area contributed by atoms with Crippen LogP contribution in [0.15, 0.2) is 62.3 Å². The number of ether oxygens (including phenoxy) is 1. The molecule has 0 saturated heterocycles. The van der Waals surface area contributed by atoms with Crippen LogP contribution in [0.25, 0.3) is 22.6 Å². The maximum atomic E-state index is 13.0. The van der Waals surface area contributed by atoms with Gasteiger partial charge in [0.15, 0.2) is 17.1 Å². The van der Waals surface area contributed by atoms with E-state index in [-0.39, 0.29) is 28.4 Å². The summed E-state index contributed by atoms with van der Waals surface area (Å²) < 4.78 is 44.6. The van der Waals surface area contributed by atoms with Gasteiger partial charge in [-0.1, -0.05) is 36.5 Å². The highest BCUT2D eigenvalue weighted by Gasteiger charge is 2.29. The fraction of sp³-hybridized carbons (Fsp3) is 0.346. The molecule has 4 aromatic rings. The van der Waals surface area contributed by atoms with Crippen LogP contribution in [0.3, 0.4) is 0 Å². The van der Waals surface area contributed by atoms with Crippen molar-refractivity contribution in [2.45, 2.75) is 50.0 Å². The molecule has 194 valence electrons. The molecule has 1 aliphatic carbocycles. The quantitative estimate of drug-likeness (QED) is 0.338. The lowest BCUT2D eigenvalue weighted by Gasteiger charge is -2.30. The molecule has 11 heteroatoms. The predicted octanol–water partition coefficient (Wildman–Crippen LogP) is 5.09. The van der Waals surface area contributed by atoms with Gasteiger partial charge in [0, 0.05) is 24.0 Å². The zero-order valence-corrected chi connectivity index (χ0v) is 21.5. The van der Waals surface area contributed by atoms with E-state index in [0.29, 0.717) is 23.7 Å². The number of amides is 1. The van der Waals surface area contributed by atoms with Gasteiger partial charge in [0.1, 0.15) is 0 Å². The highest BCUT2D eigenvalue weighted by Crippen LogP contribution is 2.33. The molecule has 2 heterocycles. The summed E-state index contributed by atoms with van der Waals surface area (Å²) in [6.07, 6.45) is 4.94. The Hall–Kier alpha value is -3.70. The number of hydrogen-bond donors (Lipinski definition) is 1. The summed E-state index contributed by atoms with van der Waals surface area (Å²) in [7, 11) is -2.02. The van der Waals surface area contributed by atoms with E-state index in [1.165, 1.54) is 28.6 Å². The molecule has 0 bridgehead atoms. The summed E-state index contributed by atoms with van der Waals surface area (Å²) in [6, 6.07) is 13.0. The monoisotopic (exact) mass is 524 g/mol. The molecule has 2 aromatic carbocycles. The smallest absolute Gasteiger partial charge is 0.322 e. The number of sulfonamides is 1. The standard InChI is InChI=1S/C26H28N4O6S/c1-3-34-21-11-7-8-18-16-22(35-23(18)21)25-28-29-26(36-25)27-24(31)17-12-14-20(15-13-17)37(32,33)30(2)19-9-5-4-6-10-19/h7-8,11-16,19H,3-6,9-10H2,1-2H3,(H,27,29,31). The van der Waals surface area contributed by atoms with Crippen LogP contribution in [0.2, 0.25) is 0 Å². The van der Waals surface area contributed by atoms with Crippen molar-refractivity contribution in [2.24, 2.45) is 0 Å². The number of nitrogens with zero attached hydrogens (tertiary/aromatic N) is 3. The van der Waals surface area contributed by atoms with E-state index in [2.05, 4.69) is 15.5 Å². The van der Waals surface area contributed by atoms with E-state index in [1.807, 2.05) is 25.1 Å². The zero-order valence-electron chi connectivity index (χ0n) is 20.6.